The predicted octanol–water partition coefficient (Wildman–Crippen LogP) is 3.84. The molecule has 168 valence electrons. The average Bonchev–Trinajstić information content (AvgIpc) is 3.40. The number of fused-ring (bicyclic) bond motifs is 2. The standard InChI is InChI=1S/C24H24N6O3/c1-3-12-32-20-7-6-18-14-30(24(31)21(18)28-20)11-10-26-23-19-13-17(22-27-15(2)33-29-22)5-4-16(19)8-9-25-23/h4-9,13H,3,10-12,14H2,1-2H3,(H,25,26). The van der Waals surface area contributed by atoms with Crippen molar-refractivity contribution in [2.75, 3.05) is 25.0 Å². The normalized spacial score (nSPS) is 12.9. The highest BCUT2D eigenvalue weighted by Gasteiger charge is 2.29. The number of carbonyl (C=O) groups excluding carboxylic acids is 1. The van der Waals surface area contributed by atoms with Gasteiger partial charge in [-0.05, 0) is 30.0 Å². The van der Waals surface area contributed by atoms with E-state index in [1.54, 1.807) is 18.0 Å². The molecule has 0 saturated heterocycles. The van der Waals surface area contributed by atoms with Gasteiger partial charge in [0.25, 0.3) is 5.91 Å². The van der Waals surface area contributed by atoms with E-state index in [4.69, 9.17) is 9.26 Å². The van der Waals surface area contributed by atoms with Gasteiger partial charge >= 0.3 is 0 Å². The first-order valence-electron chi connectivity index (χ1n) is 11.0. The molecule has 1 aliphatic rings. The van der Waals surface area contributed by atoms with E-state index in [9.17, 15) is 4.79 Å². The molecule has 0 fully saturated rings. The Kier molecular flexibility index (Phi) is 5.60. The highest BCUT2D eigenvalue weighted by Crippen LogP contribution is 2.27. The Morgan fingerprint density at radius 1 is 1.18 bits per heavy atom. The van der Waals surface area contributed by atoms with E-state index in [0.29, 0.717) is 49.5 Å². The van der Waals surface area contributed by atoms with Crippen LogP contribution >= 0.6 is 0 Å². The summed E-state index contributed by atoms with van der Waals surface area (Å²) in [6.07, 6.45) is 2.66. The summed E-state index contributed by atoms with van der Waals surface area (Å²) >= 11 is 0. The molecule has 9 nitrogen and oxygen atoms in total. The number of nitrogens with one attached hydrogen (secondary N) is 1. The quantitative estimate of drug-likeness (QED) is 0.437. The molecule has 0 aliphatic carbocycles. The second-order valence-electron chi connectivity index (χ2n) is 7.89. The van der Waals surface area contributed by atoms with Crippen LogP contribution in [0, 0.1) is 6.92 Å². The molecule has 1 amide bonds. The van der Waals surface area contributed by atoms with Gasteiger partial charge < -0.3 is 19.5 Å². The molecule has 4 aromatic rings. The average molecular weight is 444 g/mol. The molecule has 1 aliphatic heterocycles. The third-order valence-corrected chi connectivity index (χ3v) is 5.48. The molecular weight excluding hydrogens is 420 g/mol. The Hall–Kier alpha value is -4.01. The molecular formula is C24H24N6O3. The molecule has 1 aromatic carbocycles. The van der Waals surface area contributed by atoms with E-state index in [1.807, 2.05) is 43.3 Å². The van der Waals surface area contributed by atoms with Crippen molar-refractivity contribution >= 4 is 22.5 Å². The summed E-state index contributed by atoms with van der Waals surface area (Å²) in [4.78, 5) is 27.8. The first-order chi connectivity index (χ1) is 16.1. The molecule has 0 spiro atoms. The molecule has 0 unspecified atom stereocenters. The van der Waals surface area contributed by atoms with Crippen LogP contribution in [0.2, 0.25) is 0 Å². The van der Waals surface area contributed by atoms with Crippen molar-refractivity contribution in [2.24, 2.45) is 0 Å². The number of amides is 1. The summed E-state index contributed by atoms with van der Waals surface area (Å²) in [5, 5.41) is 9.37. The zero-order chi connectivity index (χ0) is 22.8. The van der Waals surface area contributed by atoms with E-state index in [-0.39, 0.29) is 5.91 Å². The first kappa shape index (κ1) is 20.9. The number of hydrogen-bond donors (Lipinski definition) is 1. The van der Waals surface area contributed by atoms with Crippen molar-refractivity contribution in [3.8, 4) is 17.3 Å². The van der Waals surface area contributed by atoms with Gasteiger partial charge in [0.15, 0.2) is 0 Å². The Bertz CT molecular complexity index is 1320. The van der Waals surface area contributed by atoms with E-state index in [2.05, 4.69) is 25.4 Å². The van der Waals surface area contributed by atoms with Gasteiger partial charge in [-0.1, -0.05) is 24.2 Å². The SMILES string of the molecule is CCCOc1ccc2c(n1)C(=O)N(CCNc1nccc3ccc(-c4noc(C)n4)cc13)C2. The van der Waals surface area contributed by atoms with Crippen LogP contribution in [0.5, 0.6) is 5.88 Å². The lowest BCUT2D eigenvalue weighted by atomic mass is 10.1. The molecule has 4 heterocycles. The van der Waals surface area contributed by atoms with E-state index in [1.165, 1.54) is 0 Å². The summed E-state index contributed by atoms with van der Waals surface area (Å²) in [6.45, 7) is 6.00. The van der Waals surface area contributed by atoms with Crippen LogP contribution in [-0.2, 0) is 6.54 Å². The van der Waals surface area contributed by atoms with Gasteiger partial charge in [0.2, 0.25) is 17.6 Å². The number of ether oxygens (including phenoxy) is 1. The second-order valence-corrected chi connectivity index (χ2v) is 7.89. The van der Waals surface area contributed by atoms with Gasteiger partial charge in [-0.2, -0.15) is 4.98 Å². The summed E-state index contributed by atoms with van der Waals surface area (Å²) in [7, 11) is 0. The number of nitrogens with zero attached hydrogens (tertiary/aromatic N) is 5. The van der Waals surface area contributed by atoms with Gasteiger partial charge in [0.05, 0.1) is 6.61 Å². The largest absolute Gasteiger partial charge is 0.478 e. The maximum atomic E-state index is 12.8. The van der Waals surface area contributed by atoms with Crippen LogP contribution in [0.4, 0.5) is 5.82 Å². The fraction of sp³-hybridized carbons (Fsp3) is 0.292. The van der Waals surface area contributed by atoms with E-state index >= 15 is 0 Å². The lowest BCUT2D eigenvalue weighted by Crippen LogP contribution is -2.29. The van der Waals surface area contributed by atoms with Gasteiger partial charge in [-0.25, -0.2) is 9.97 Å². The highest BCUT2D eigenvalue weighted by molar-refractivity contribution is 5.97. The van der Waals surface area contributed by atoms with E-state index < -0.39 is 0 Å². The summed E-state index contributed by atoms with van der Waals surface area (Å²) in [5.41, 5.74) is 2.26. The molecule has 0 atom stereocenters. The number of aryl methyl sites for hydroxylation is 1. The summed E-state index contributed by atoms with van der Waals surface area (Å²) < 4.78 is 10.7. The summed E-state index contributed by atoms with van der Waals surface area (Å²) in [6, 6.07) is 11.7. The number of pyridine rings is 2. The van der Waals surface area contributed by atoms with Gasteiger partial charge in [-0.15, -0.1) is 0 Å². The van der Waals surface area contributed by atoms with Crippen molar-refractivity contribution < 1.29 is 14.1 Å². The van der Waals surface area contributed by atoms with Crippen LogP contribution in [0.25, 0.3) is 22.2 Å². The Balaban J connectivity index is 1.28. The minimum absolute atomic E-state index is 0.0746. The molecule has 0 bridgehead atoms. The van der Waals surface area contributed by atoms with Crippen LogP contribution in [-0.4, -0.2) is 50.6 Å². The topological polar surface area (TPSA) is 106 Å². The predicted molar refractivity (Wildman–Crippen MR) is 123 cm³/mol. The fourth-order valence-electron chi connectivity index (χ4n) is 3.85. The molecule has 5 rings (SSSR count). The maximum Gasteiger partial charge on any atom is 0.273 e. The van der Waals surface area contributed by atoms with Crippen LogP contribution < -0.4 is 10.1 Å². The lowest BCUT2D eigenvalue weighted by Gasteiger charge is -2.16. The smallest absolute Gasteiger partial charge is 0.273 e. The van der Waals surface area contributed by atoms with Crippen LogP contribution in [0.1, 0.15) is 35.3 Å². The summed E-state index contributed by atoms with van der Waals surface area (Å²) in [5.74, 6) is 2.22. The Morgan fingerprint density at radius 2 is 2.09 bits per heavy atom. The van der Waals surface area contributed by atoms with Crippen LogP contribution in [0.3, 0.4) is 0 Å². The van der Waals surface area contributed by atoms with Crippen LogP contribution in [0.15, 0.2) is 47.1 Å². The number of hydrogen-bond acceptors (Lipinski definition) is 8. The maximum absolute atomic E-state index is 12.8. The Morgan fingerprint density at radius 3 is 2.91 bits per heavy atom. The van der Waals surface area contributed by atoms with Crippen molar-refractivity contribution in [1.29, 1.82) is 0 Å². The molecule has 33 heavy (non-hydrogen) atoms. The van der Waals surface area contributed by atoms with E-state index in [0.717, 1.165) is 34.1 Å². The minimum Gasteiger partial charge on any atom is -0.478 e. The lowest BCUT2D eigenvalue weighted by molar-refractivity contribution is 0.0779. The van der Waals surface area contributed by atoms with Gasteiger partial charge in [0.1, 0.15) is 11.5 Å². The zero-order valence-electron chi connectivity index (χ0n) is 18.5. The molecule has 0 radical (unpaired) electrons. The molecule has 1 N–H and O–H groups in total. The van der Waals surface area contributed by atoms with Crippen molar-refractivity contribution in [2.45, 2.75) is 26.8 Å². The number of anilines is 1. The zero-order valence-corrected chi connectivity index (χ0v) is 18.5. The molecule has 3 aromatic heterocycles. The van der Waals surface area contributed by atoms with Gasteiger partial charge in [0, 0.05) is 55.3 Å². The van der Waals surface area contributed by atoms with Crippen molar-refractivity contribution in [3.63, 3.8) is 0 Å². The van der Waals surface area contributed by atoms with Crippen molar-refractivity contribution in [3.05, 3.63) is 59.7 Å². The number of benzene rings is 1. The van der Waals surface area contributed by atoms with Crippen molar-refractivity contribution in [1.82, 2.24) is 25.0 Å². The number of carbonyl (C=O) groups is 1. The highest BCUT2D eigenvalue weighted by atomic mass is 16.5. The molecule has 0 saturated carbocycles. The third-order valence-electron chi connectivity index (χ3n) is 5.48. The molecule has 9 heteroatoms. The minimum atomic E-state index is -0.0746. The number of aromatic nitrogens is 4. The monoisotopic (exact) mass is 444 g/mol. The third kappa shape index (κ3) is 4.21. The van der Waals surface area contributed by atoms with Gasteiger partial charge in [-0.3, -0.25) is 4.79 Å². The first-order valence-corrected chi connectivity index (χ1v) is 11.0. The fourth-order valence-corrected chi connectivity index (χ4v) is 3.85. The second kappa shape index (κ2) is 8.85. The Labute approximate surface area is 190 Å². The number of rotatable bonds is 8.